The first-order chi connectivity index (χ1) is 9.09. The second-order valence-corrected chi connectivity index (χ2v) is 4.59. The lowest BCUT2D eigenvalue weighted by Crippen LogP contribution is -2.37. The molecule has 2 aliphatic rings. The number of hydrogen-bond donors (Lipinski definition) is 0. The van der Waals surface area contributed by atoms with Gasteiger partial charge in [-0.25, -0.2) is 0 Å². The molecule has 0 heterocycles. The van der Waals surface area contributed by atoms with Crippen LogP contribution in [-0.4, -0.2) is 17.5 Å². The zero-order valence-corrected chi connectivity index (χ0v) is 9.83. The summed E-state index contributed by atoms with van der Waals surface area (Å²) >= 11 is 0. The summed E-state index contributed by atoms with van der Waals surface area (Å²) in [7, 11) is 0. The number of carboxylic acids is 1. The maximum absolute atomic E-state index is 12.3. The van der Waals surface area contributed by atoms with Crippen LogP contribution in [0.5, 0.6) is 0 Å². The quantitative estimate of drug-likeness (QED) is 0.732. The molecule has 0 aromatic heterocycles. The topological polar surface area (TPSA) is 74.3 Å². The van der Waals surface area contributed by atoms with Gasteiger partial charge in [0.1, 0.15) is 0 Å². The summed E-state index contributed by atoms with van der Waals surface area (Å²) in [6, 6.07) is 6.61. The largest absolute Gasteiger partial charge is 0.545 e. The Balaban J connectivity index is 2.13. The van der Waals surface area contributed by atoms with Crippen molar-refractivity contribution >= 4 is 17.5 Å². The van der Waals surface area contributed by atoms with Gasteiger partial charge in [0, 0.05) is 11.1 Å². The van der Waals surface area contributed by atoms with Gasteiger partial charge in [-0.1, -0.05) is 42.5 Å². The molecule has 4 nitrogen and oxygen atoms in total. The van der Waals surface area contributed by atoms with Gasteiger partial charge in [0.25, 0.3) is 0 Å². The fourth-order valence-electron chi connectivity index (χ4n) is 2.58. The number of aliphatic carboxylic acids is 1. The second kappa shape index (κ2) is 4.02. The van der Waals surface area contributed by atoms with E-state index < -0.39 is 17.8 Å². The van der Waals surface area contributed by atoms with Crippen LogP contribution in [0.1, 0.15) is 20.7 Å². The average Bonchev–Trinajstić information content (AvgIpc) is 2.44. The number of carboxylic acid groups (broad SMARTS) is 1. The molecule has 0 saturated carbocycles. The minimum Gasteiger partial charge on any atom is -0.545 e. The zero-order valence-electron chi connectivity index (χ0n) is 9.83. The molecule has 0 fully saturated rings. The number of hydrogen-bond acceptors (Lipinski definition) is 4. The molecule has 0 unspecified atom stereocenters. The Morgan fingerprint density at radius 2 is 1.58 bits per heavy atom. The standard InChI is InChI=1S/C15H10O4/c16-13-9-3-1-2-4-10(9)14(17)12-7-8(15(18)19)5-6-11(12)13/h1-7,11-12H,(H,18,19)/p-1/t11-,12-/m1/s1. The van der Waals surface area contributed by atoms with Crippen LogP contribution in [0.15, 0.2) is 48.1 Å². The van der Waals surface area contributed by atoms with Crippen molar-refractivity contribution in [1.82, 2.24) is 0 Å². The third-order valence-corrected chi connectivity index (χ3v) is 3.53. The van der Waals surface area contributed by atoms with Crippen LogP contribution in [0, 0.1) is 11.8 Å². The Labute approximate surface area is 109 Å². The van der Waals surface area contributed by atoms with E-state index in [0.29, 0.717) is 11.1 Å². The fraction of sp³-hybridized carbons (Fsp3) is 0.133. The second-order valence-electron chi connectivity index (χ2n) is 4.59. The number of benzene rings is 1. The number of ketones is 2. The Kier molecular flexibility index (Phi) is 2.45. The number of carbonyl (C=O) groups is 3. The van der Waals surface area contributed by atoms with E-state index >= 15 is 0 Å². The van der Waals surface area contributed by atoms with Crippen LogP contribution in [-0.2, 0) is 4.79 Å². The highest BCUT2D eigenvalue weighted by atomic mass is 16.4. The van der Waals surface area contributed by atoms with Crippen molar-refractivity contribution in [2.24, 2.45) is 11.8 Å². The van der Waals surface area contributed by atoms with Gasteiger partial charge < -0.3 is 9.90 Å². The minimum absolute atomic E-state index is 0.0539. The molecule has 0 amide bonds. The summed E-state index contributed by atoms with van der Waals surface area (Å²) in [5.74, 6) is -3.05. The summed E-state index contributed by atoms with van der Waals surface area (Å²) in [6.07, 6.45) is 4.12. The maximum Gasteiger partial charge on any atom is 0.171 e. The lowest BCUT2D eigenvalue weighted by atomic mass is 9.71. The smallest absolute Gasteiger partial charge is 0.171 e. The Hall–Kier alpha value is -2.49. The third kappa shape index (κ3) is 1.64. The molecule has 0 aliphatic heterocycles. The molecule has 0 saturated heterocycles. The van der Waals surface area contributed by atoms with Crippen molar-refractivity contribution in [1.29, 1.82) is 0 Å². The average molecular weight is 253 g/mol. The van der Waals surface area contributed by atoms with Crippen LogP contribution in [0.3, 0.4) is 0 Å². The van der Waals surface area contributed by atoms with Crippen molar-refractivity contribution in [3.8, 4) is 0 Å². The molecule has 2 atom stereocenters. The van der Waals surface area contributed by atoms with E-state index in [1.807, 2.05) is 0 Å². The number of carbonyl (C=O) groups excluding carboxylic acids is 3. The van der Waals surface area contributed by atoms with E-state index in [0.717, 1.165) is 0 Å². The van der Waals surface area contributed by atoms with Crippen LogP contribution >= 0.6 is 0 Å². The SMILES string of the molecule is O=C([O-])C1=C[C@H]2C(=O)c3ccccc3C(=O)[C@@H]2C=C1. The third-order valence-electron chi connectivity index (χ3n) is 3.53. The van der Waals surface area contributed by atoms with Crippen molar-refractivity contribution in [2.75, 3.05) is 0 Å². The number of rotatable bonds is 1. The molecule has 1 aromatic carbocycles. The number of allylic oxidation sites excluding steroid dienone is 2. The molecule has 19 heavy (non-hydrogen) atoms. The summed E-state index contributed by atoms with van der Waals surface area (Å²) < 4.78 is 0. The van der Waals surface area contributed by atoms with E-state index in [4.69, 9.17) is 0 Å². The van der Waals surface area contributed by atoms with Gasteiger partial charge in [0.15, 0.2) is 11.6 Å². The molecule has 94 valence electrons. The highest BCUT2D eigenvalue weighted by Crippen LogP contribution is 2.35. The molecule has 0 spiro atoms. The lowest BCUT2D eigenvalue weighted by Gasteiger charge is -2.29. The monoisotopic (exact) mass is 253 g/mol. The summed E-state index contributed by atoms with van der Waals surface area (Å²) in [4.78, 5) is 35.4. The lowest BCUT2D eigenvalue weighted by molar-refractivity contribution is -0.298. The highest BCUT2D eigenvalue weighted by Gasteiger charge is 2.39. The number of fused-ring (bicyclic) bond motifs is 2. The normalized spacial score (nSPS) is 24.5. The van der Waals surface area contributed by atoms with E-state index in [-0.39, 0.29) is 17.1 Å². The molecule has 0 bridgehead atoms. The summed E-state index contributed by atoms with van der Waals surface area (Å²) in [6.45, 7) is 0. The van der Waals surface area contributed by atoms with Gasteiger partial charge in [-0.05, 0) is 5.57 Å². The van der Waals surface area contributed by atoms with Crippen molar-refractivity contribution in [2.45, 2.75) is 0 Å². The van der Waals surface area contributed by atoms with Gasteiger partial charge in [-0.3, -0.25) is 9.59 Å². The molecule has 0 N–H and O–H groups in total. The van der Waals surface area contributed by atoms with Gasteiger partial charge >= 0.3 is 0 Å². The van der Waals surface area contributed by atoms with Crippen LogP contribution in [0.4, 0.5) is 0 Å². The Morgan fingerprint density at radius 3 is 2.16 bits per heavy atom. The first kappa shape index (κ1) is 11.6. The van der Waals surface area contributed by atoms with Crippen LogP contribution in [0.2, 0.25) is 0 Å². The van der Waals surface area contributed by atoms with Gasteiger partial charge in [0.05, 0.1) is 17.8 Å². The van der Waals surface area contributed by atoms with Crippen LogP contribution < -0.4 is 5.11 Å². The summed E-state index contributed by atoms with van der Waals surface area (Å²) in [5.41, 5.74) is 0.712. The van der Waals surface area contributed by atoms with Crippen LogP contribution in [0.25, 0.3) is 0 Å². The van der Waals surface area contributed by atoms with Gasteiger partial charge in [0.2, 0.25) is 0 Å². The van der Waals surface area contributed by atoms with E-state index in [9.17, 15) is 19.5 Å². The van der Waals surface area contributed by atoms with Gasteiger partial charge in [-0.15, -0.1) is 0 Å². The summed E-state index contributed by atoms with van der Waals surface area (Å²) in [5, 5.41) is 10.8. The predicted molar refractivity (Wildman–Crippen MR) is 64.3 cm³/mol. The molecular weight excluding hydrogens is 244 g/mol. The molecule has 3 rings (SSSR count). The minimum atomic E-state index is -1.34. The first-order valence-electron chi connectivity index (χ1n) is 5.88. The van der Waals surface area contributed by atoms with E-state index in [1.54, 1.807) is 24.3 Å². The molecular formula is C15H9O4-. The van der Waals surface area contributed by atoms with Crippen molar-refractivity contribution in [3.05, 3.63) is 59.2 Å². The highest BCUT2D eigenvalue weighted by molar-refractivity contribution is 6.17. The van der Waals surface area contributed by atoms with E-state index in [2.05, 4.69) is 0 Å². The van der Waals surface area contributed by atoms with Crippen molar-refractivity contribution in [3.63, 3.8) is 0 Å². The molecule has 2 aliphatic carbocycles. The Morgan fingerprint density at radius 1 is 1.00 bits per heavy atom. The van der Waals surface area contributed by atoms with E-state index in [1.165, 1.54) is 18.2 Å². The number of Topliss-reactive ketones (excluding diaryl/α,β-unsaturated/α-hetero) is 2. The molecule has 0 radical (unpaired) electrons. The first-order valence-corrected chi connectivity index (χ1v) is 5.88. The van der Waals surface area contributed by atoms with Gasteiger partial charge in [-0.2, -0.15) is 0 Å². The zero-order chi connectivity index (χ0) is 13.6. The molecule has 4 heteroatoms. The fourth-order valence-corrected chi connectivity index (χ4v) is 2.58. The van der Waals surface area contributed by atoms with Crippen molar-refractivity contribution < 1.29 is 19.5 Å². The Bertz CT molecular complexity index is 666. The molecule has 1 aromatic rings. The maximum atomic E-state index is 12.3. The predicted octanol–water partition coefficient (Wildman–Crippen LogP) is 0.544.